The van der Waals surface area contributed by atoms with Gasteiger partial charge in [0.05, 0.1) is 0 Å². The summed E-state index contributed by atoms with van der Waals surface area (Å²) in [6, 6.07) is 6.77. The number of alkyl carbamates (subject to hydrolysis) is 1. The van der Waals surface area contributed by atoms with Crippen LogP contribution < -0.4 is 16.0 Å². The van der Waals surface area contributed by atoms with Crippen molar-refractivity contribution < 1.29 is 38.6 Å². The molecule has 0 aliphatic carbocycles. The lowest BCUT2D eigenvalue weighted by Crippen LogP contribution is -2.56. The number of carboxylic acids is 1. The van der Waals surface area contributed by atoms with Crippen molar-refractivity contribution in [1.82, 2.24) is 16.0 Å². The van der Waals surface area contributed by atoms with Gasteiger partial charge in [0, 0.05) is 6.54 Å². The maximum absolute atomic E-state index is 12.3. The van der Waals surface area contributed by atoms with Crippen LogP contribution in [0.15, 0.2) is 30.3 Å². The van der Waals surface area contributed by atoms with Crippen LogP contribution in [0.25, 0.3) is 0 Å². The molecule has 2 rings (SSSR count). The number of benzene rings is 1. The largest absolute Gasteiger partial charge is 0.480 e. The highest BCUT2D eigenvalue weighted by Gasteiger charge is 2.49. The van der Waals surface area contributed by atoms with Crippen LogP contribution in [0.2, 0.25) is 0 Å². The molecule has 1 aromatic carbocycles. The van der Waals surface area contributed by atoms with E-state index < -0.39 is 48.0 Å². The number of rotatable bonds is 13. The third-order valence-corrected chi connectivity index (χ3v) is 5.88. The molecule has 11 nitrogen and oxygen atoms in total. The van der Waals surface area contributed by atoms with E-state index in [4.69, 9.17) is 9.47 Å². The molecule has 35 heavy (non-hydrogen) atoms. The Kier molecular flexibility index (Phi) is 10.5. The van der Waals surface area contributed by atoms with Gasteiger partial charge in [0.15, 0.2) is 6.10 Å². The summed E-state index contributed by atoms with van der Waals surface area (Å²) < 4.78 is 10.0. The predicted molar refractivity (Wildman–Crippen MR) is 124 cm³/mol. The zero-order valence-corrected chi connectivity index (χ0v) is 20.1. The van der Waals surface area contributed by atoms with Crippen LogP contribution in [-0.4, -0.2) is 59.7 Å². The Hall–Kier alpha value is -3.63. The number of hydrogen-bond donors (Lipinski definition) is 4. The van der Waals surface area contributed by atoms with Crippen molar-refractivity contribution in [2.45, 2.75) is 64.8 Å². The van der Waals surface area contributed by atoms with E-state index >= 15 is 0 Å². The molecule has 1 heterocycles. The first-order valence-electron chi connectivity index (χ1n) is 11.6. The lowest BCUT2D eigenvalue weighted by Gasteiger charge is -2.37. The van der Waals surface area contributed by atoms with Gasteiger partial charge < -0.3 is 30.5 Å². The molecule has 1 aliphatic heterocycles. The lowest BCUT2D eigenvalue weighted by atomic mass is 9.83. The normalized spacial score (nSPS) is 19.2. The second kappa shape index (κ2) is 13.3. The van der Waals surface area contributed by atoms with Crippen LogP contribution in [-0.2, 0) is 35.3 Å². The van der Waals surface area contributed by atoms with Crippen molar-refractivity contribution in [3.8, 4) is 0 Å². The highest BCUT2D eigenvalue weighted by atomic mass is 16.6. The Labute approximate surface area is 203 Å². The van der Waals surface area contributed by atoms with E-state index in [1.807, 2.05) is 19.9 Å². The number of carbonyl (C=O) groups excluding carboxylic acids is 4. The van der Waals surface area contributed by atoms with Crippen LogP contribution >= 0.6 is 0 Å². The van der Waals surface area contributed by atoms with Crippen LogP contribution in [0.5, 0.6) is 0 Å². The third-order valence-electron chi connectivity index (χ3n) is 5.88. The molecule has 3 amide bonds. The number of carbonyl (C=O) groups is 5. The van der Waals surface area contributed by atoms with Crippen molar-refractivity contribution in [3.63, 3.8) is 0 Å². The first kappa shape index (κ1) is 27.6. The van der Waals surface area contributed by atoms with Gasteiger partial charge in [-0.3, -0.25) is 14.4 Å². The second-order valence-corrected chi connectivity index (χ2v) is 8.53. The van der Waals surface area contributed by atoms with Crippen molar-refractivity contribution in [2.24, 2.45) is 11.8 Å². The number of carboxylic acid groups (broad SMARTS) is 1. The average molecular weight is 492 g/mol. The van der Waals surface area contributed by atoms with Gasteiger partial charge in [-0.1, -0.05) is 50.6 Å². The van der Waals surface area contributed by atoms with Gasteiger partial charge >= 0.3 is 18.0 Å². The Morgan fingerprint density at radius 3 is 2.40 bits per heavy atom. The number of ether oxygens (including phenoxy) is 2. The van der Waals surface area contributed by atoms with Gasteiger partial charge in [0.2, 0.25) is 5.91 Å². The molecule has 1 fully saturated rings. The maximum atomic E-state index is 12.3. The molecular formula is C24H33N3O8. The summed E-state index contributed by atoms with van der Waals surface area (Å²) in [4.78, 5) is 59.7. The van der Waals surface area contributed by atoms with Gasteiger partial charge in [-0.2, -0.15) is 0 Å². The van der Waals surface area contributed by atoms with E-state index in [2.05, 4.69) is 16.0 Å². The molecule has 4 N–H and O–H groups in total. The minimum atomic E-state index is -1.24. The number of nitrogens with one attached hydrogen (secondary N) is 3. The van der Waals surface area contributed by atoms with Gasteiger partial charge in [0.25, 0.3) is 5.91 Å². The molecule has 0 radical (unpaired) electrons. The summed E-state index contributed by atoms with van der Waals surface area (Å²) in [5.41, 5.74) is 0.781. The van der Waals surface area contributed by atoms with Gasteiger partial charge in [0.1, 0.15) is 24.6 Å². The molecule has 0 saturated carbocycles. The number of esters is 1. The summed E-state index contributed by atoms with van der Waals surface area (Å²) >= 11 is 0. The van der Waals surface area contributed by atoms with Crippen molar-refractivity contribution >= 4 is 29.8 Å². The number of hydrogen-bond acceptors (Lipinski definition) is 7. The van der Waals surface area contributed by atoms with Crippen molar-refractivity contribution in [3.05, 3.63) is 35.9 Å². The van der Waals surface area contributed by atoms with E-state index in [1.54, 1.807) is 24.3 Å². The van der Waals surface area contributed by atoms with Crippen LogP contribution in [0.3, 0.4) is 0 Å². The van der Waals surface area contributed by atoms with E-state index in [1.165, 1.54) is 6.92 Å². The van der Waals surface area contributed by atoms with Gasteiger partial charge in [-0.15, -0.1) is 0 Å². The van der Waals surface area contributed by atoms with Crippen LogP contribution in [0.1, 0.15) is 45.6 Å². The molecule has 2 unspecified atom stereocenters. The summed E-state index contributed by atoms with van der Waals surface area (Å²) in [6.07, 6.45) is -0.592. The summed E-state index contributed by atoms with van der Waals surface area (Å²) in [6.45, 7) is 5.40. The number of cyclic esters (lactones) is 1. The maximum Gasteiger partial charge on any atom is 0.408 e. The Morgan fingerprint density at radius 2 is 1.80 bits per heavy atom. The molecule has 1 aromatic rings. The topological polar surface area (TPSA) is 160 Å². The molecule has 1 saturated heterocycles. The van der Waals surface area contributed by atoms with E-state index in [9.17, 15) is 29.1 Å². The fraction of sp³-hybridized carbons (Fsp3) is 0.542. The molecule has 11 heteroatoms. The molecule has 0 aromatic heterocycles. The third kappa shape index (κ3) is 8.27. The van der Waals surface area contributed by atoms with E-state index in [0.717, 1.165) is 12.0 Å². The Morgan fingerprint density at radius 1 is 1.11 bits per heavy atom. The fourth-order valence-corrected chi connectivity index (χ4v) is 3.51. The standard InChI is InChI=1S/C24H33N3O8/c1-4-14(2)18-19(35-23(18)32)21(29)25-12-8-11-17(22(30)31)27-20(28)15(3)26-24(33)34-13-16-9-6-5-7-10-16/h5-7,9-10,14-15,17-19H,4,8,11-13H2,1-3H3,(H,25,29)(H,26,33)(H,27,28)(H,30,31)/t14-,15-,17?,18-,19?/m0/s1. The second-order valence-electron chi connectivity index (χ2n) is 8.53. The van der Waals surface area contributed by atoms with Gasteiger partial charge in [-0.25, -0.2) is 9.59 Å². The first-order valence-corrected chi connectivity index (χ1v) is 11.6. The number of amides is 3. The SMILES string of the molecule is CC[C@H](C)[C@@H]1C(=O)OC1C(=O)NCCCC(NC(=O)[C@H](C)NC(=O)OCc1ccccc1)C(=O)O. The molecule has 1 aliphatic rings. The molecular weight excluding hydrogens is 458 g/mol. The number of aliphatic carboxylic acids is 1. The highest BCUT2D eigenvalue weighted by molar-refractivity contribution is 5.94. The quantitative estimate of drug-likeness (QED) is 0.238. The lowest BCUT2D eigenvalue weighted by molar-refractivity contribution is -0.193. The van der Waals surface area contributed by atoms with Crippen molar-refractivity contribution in [2.75, 3.05) is 6.54 Å². The van der Waals surface area contributed by atoms with Crippen LogP contribution in [0, 0.1) is 11.8 Å². The van der Waals surface area contributed by atoms with Gasteiger partial charge in [-0.05, 0) is 31.2 Å². The average Bonchev–Trinajstić information content (AvgIpc) is 2.82. The molecule has 0 spiro atoms. The summed E-state index contributed by atoms with van der Waals surface area (Å²) in [5, 5.41) is 16.8. The predicted octanol–water partition coefficient (Wildman–Crippen LogP) is 1.35. The monoisotopic (exact) mass is 491 g/mol. The van der Waals surface area contributed by atoms with Crippen molar-refractivity contribution in [1.29, 1.82) is 0 Å². The summed E-state index contributed by atoms with van der Waals surface area (Å²) in [5.74, 6) is -3.19. The zero-order valence-electron chi connectivity index (χ0n) is 20.1. The highest BCUT2D eigenvalue weighted by Crippen LogP contribution is 2.31. The Bertz CT molecular complexity index is 907. The Balaban J connectivity index is 1.72. The van der Waals surface area contributed by atoms with Crippen LogP contribution in [0.4, 0.5) is 4.79 Å². The minimum Gasteiger partial charge on any atom is -0.480 e. The smallest absolute Gasteiger partial charge is 0.408 e. The summed E-state index contributed by atoms with van der Waals surface area (Å²) in [7, 11) is 0. The molecule has 5 atom stereocenters. The zero-order chi connectivity index (χ0) is 26.0. The minimum absolute atomic E-state index is 0.0184. The van der Waals surface area contributed by atoms with E-state index in [0.29, 0.717) is 0 Å². The molecule has 192 valence electrons. The first-order chi connectivity index (χ1) is 16.6. The van der Waals surface area contributed by atoms with E-state index in [-0.39, 0.29) is 37.9 Å². The molecule has 0 bridgehead atoms. The fourth-order valence-electron chi connectivity index (χ4n) is 3.51.